The summed E-state index contributed by atoms with van der Waals surface area (Å²) in [5, 5.41) is 19.1. The summed E-state index contributed by atoms with van der Waals surface area (Å²) < 4.78 is 0. The van der Waals surface area contributed by atoms with Crippen molar-refractivity contribution in [3.63, 3.8) is 0 Å². The van der Waals surface area contributed by atoms with E-state index in [-0.39, 0.29) is 10.8 Å². The molecule has 0 aliphatic rings. The van der Waals surface area contributed by atoms with Gasteiger partial charge in [-0.05, 0) is 34.1 Å². The smallest absolute Gasteiger partial charge is 0.151 e. The normalized spacial score (nSPS) is 12.5. The Morgan fingerprint density at radius 2 is 1.61 bits per heavy atom. The van der Waals surface area contributed by atoms with Gasteiger partial charge in [0.1, 0.15) is 5.75 Å². The SMILES string of the molecule is CC(C)(C)c1cc(Cc2ccc(Cl)nn2)c(O)c(C(C)(C)C)c1. The molecule has 1 N–H and O–H groups in total. The first-order valence-electron chi connectivity index (χ1n) is 7.83. The van der Waals surface area contributed by atoms with Crippen molar-refractivity contribution in [3.05, 3.63) is 51.8 Å². The van der Waals surface area contributed by atoms with Gasteiger partial charge in [-0.2, -0.15) is 5.10 Å². The highest BCUT2D eigenvalue weighted by atomic mass is 35.5. The Morgan fingerprint density at radius 1 is 0.957 bits per heavy atom. The van der Waals surface area contributed by atoms with Crippen molar-refractivity contribution in [2.75, 3.05) is 0 Å². The van der Waals surface area contributed by atoms with Crippen LogP contribution < -0.4 is 0 Å². The Kier molecular flexibility index (Phi) is 4.72. The van der Waals surface area contributed by atoms with Crippen molar-refractivity contribution >= 4 is 11.6 Å². The molecule has 0 saturated heterocycles. The molecule has 2 rings (SSSR count). The van der Waals surface area contributed by atoms with Gasteiger partial charge < -0.3 is 5.11 Å². The number of halogens is 1. The molecule has 124 valence electrons. The van der Waals surface area contributed by atoms with Gasteiger partial charge in [0.2, 0.25) is 0 Å². The fourth-order valence-electron chi connectivity index (χ4n) is 2.47. The Morgan fingerprint density at radius 3 is 2.09 bits per heavy atom. The number of phenolic OH excluding ortho intramolecular Hbond substituents is 1. The van der Waals surface area contributed by atoms with Gasteiger partial charge in [0, 0.05) is 12.0 Å². The lowest BCUT2D eigenvalue weighted by Crippen LogP contribution is -2.17. The molecule has 4 heteroatoms. The van der Waals surface area contributed by atoms with Gasteiger partial charge in [-0.1, -0.05) is 65.3 Å². The molecule has 1 aromatic heterocycles. The fourth-order valence-corrected chi connectivity index (χ4v) is 2.57. The number of hydrogen-bond acceptors (Lipinski definition) is 3. The van der Waals surface area contributed by atoms with Crippen molar-refractivity contribution < 1.29 is 5.11 Å². The third-order valence-corrected chi connectivity index (χ3v) is 4.12. The number of rotatable bonds is 2. The van der Waals surface area contributed by atoms with Crippen LogP contribution in [0.4, 0.5) is 0 Å². The number of hydrogen-bond donors (Lipinski definition) is 1. The Hall–Kier alpha value is -1.61. The third kappa shape index (κ3) is 4.23. The lowest BCUT2D eigenvalue weighted by Gasteiger charge is -2.27. The van der Waals surface area contributed by atoms with Gasteiger partial charge in [-0.3, -0.25) is 0 Å². The maximum absolute atomic E-state index is 10.8. The highest BCUT2D eigenvalue weighted by Crippen LogP contribution is 2.38. The molecule has 23 heavy (non-hydrogen) atoms. The topological polar surface area (TPSA) is 46.0 Å². The van der Waals surface area contributed by atoms with Crippen LogP contribution in [0, 0.1) is 0 Å². The average Bonchev–Trinajstić information content (AvgIpc) is 2.41. The first-order chi connectivity index (χ1) is 10.5. The lowest BCUT2D eigenvalue weighted by molar-refractivity contribution is 0.439. The summed E-state index contributed by atoms with van der Waals surface area (Å²) in [5.74, 6) is 0.349. The van der Waals surface area contributed by atoms with Crippen molar-refractivity contribution in [3.8, 4) is 5.75 Å². The van der Waals surface area contributed by atoms with Crippen molar-refractivity contribution in [2.24, 2.45) is 0 Å². The minimum absolute atomic E-state index is 0.00806. The van der Waals surface area contributed by atoms with Crippen LogP contribution in [0.1, 0.15) is 63.9 Å². The Bertz CT molecular complexity index is 695. The van der Waals surface area contributed by atoms with Crippen LogP contribution in [0.2, 0.25) is 5.15 Å². The molecule has 0 saturated carbocycles. The van der Waals surface area contributed by atoms with Crippen LogP contribution in [0.15, 0.2) is 24.3 Å². The maximum Gasteiger partial charge on any atom is 0.151 e. The molecule has 0 fully saturated rings. The van der Waals surface area contributed by atoms with Gasteiger partial charge in [-0.15, -0.1) is 5.10 Å². The predicted octanol–water partition coefficient (Wildman–Crippen LogP) is 5.02. The van der Waals surface area contributed by atoms with Gasteiger partial charge >= 0.3 is 0 Å². The molecule has 0 aliphatic carbocycles. The number of aromatic hydroxyl groups is 1. The van der Waals surface area contributed by atoms with E-state index >= 15 is 0 Å². The van der Waals surface area contributed by atoms with Gasteiger partial charge in [0.25, 0.3) is 0 Å². The maximum atomic E-state index is 10.8. The number of phenols is 1. The first-order valence-corrected chi connectivity index (χ1v) is 8.21. The quantitative estimate of drug-likeness (QED) is 0.839. The molecule has 1 heterocycles. The first kappa shape index (κ1) is 17.7. The van der Waals surface area contributed by atoms with Gasteiger partial charge in [0.15, 0.2) is 5.15 Å². The number of nitrogens with zero attached hydrogens (tertiary/aromatic N) is 2. The molecule has 0 radical (unpaired) electrons. The minimum Gasteiger partial charge on any atom is -0.507 e. The standard InChI is InChI=1S/C19H25ClN2O/c1-18(2,3)13-9-12(10-14-7-8-16(20)22-21-14)17(23)15(11-13)19(4,5)6/h7-9,11,23H,10H2,1-6H3. The van der Waals surface area contributed by atoms with Crippen LogP contribution >= 0.6 is 11.6 Å². The minimum atomic E-state index is -0.133. The van der Waals surface area contributed by atoms with E-state index in [0.717, 1.165) is 16.8 Å². The predicted molar refractivity (Wildman–Crippen MR) is 95.4 cm³/mol. The van der Waals surface area contributed by atoms with E-state index in [2.05, 4.69) is 63.9 Å². The average molecular weight is 333 g/mol. The van der Waals surface area contributed by atoms with Crippen LogP contribution in [-0.2, 0) is 17.3 Å². The molecule has 2 aromatic rings. The second kappa shape index (κ2) is 6.12. The van der Waals surface area contributed by atoms with E-state index in [0.29, 0.717) is 17.3 Å². The van der Waals surface area contributed by atoms with E-state index in [1.807, 2.05) is 6.07 Å². The molecular weight excluding hydrogens is 308 g/mol. The largest absolute Gasteiger partial charge is 0.507 e. The second-order valence-electron chi connectivity index (χ2n) is 8.06. The van der Waals surface area contributed by atoms with Crippen LogP contribution in [0.25, 0.3) is 0 Å². The summed E-state index contributed by atoms with van der Waals surface area (Å²) in [7, 11) is 0. The van der Waals surface area contributed by atoms with E-state index in [4.69, 9.17) is 11.6 Å². The Balaban J connectivity index is 2.55. The zero-order valence-corrected chi connectivity index (χ0v) is 15.5. The van der Waals surface area contributed by atoms with Crippen LogP contribution in [0.3, 0.4) is 0 Å². The lowest BCUT2D eigenvalue weighted by atomic mass is 9.78. The molecule has 0 aliphatic heterocycles. The molecule has 0 unspecified atom stereocenters. The number of aromatic nitrogens is 2. The number of benzene rings is 1. The van der Waals surface area contributed by atoms with E-state index in [1.54, 1.807) is 6.07 Å². The Labute approximate surface area is 143 Å². The van der Waals surface area contributed by atoms with E-state index in [9.17, 15) is 5.11 Å². The summed E-state index contributed by atoms with van der Waals surface area (Å²) in [5.41, 5.74) is 3.70. The highest BCUT2D eigenvalue weighted by Gasteiger charge is 2.25. The molecule has 1 aromatic carbocycles. The second-order valence-corrected chi connectivity index (χ2v) is 8.44. The van der Waals surface area contributed by atoms with Crippen molar-refractivity contribution in [2.45, 2.75) is 58.8 Å². The molecule has 3 nitrogen and oxygen atoms in total. The van der Waals surface area contributed by atoms with Gasteiger partial charge in [0.05, 0.1) is 5.69 Å². The zero-order chi connectivity index (χ0) is 17.4. The summed E-state index contributed by atoms with van der Waals surface area (Å²) in [6.45, 7) is 12.9. The molecule has 0 bridgehead atoms. The highest BCUT2D eigenvalue weighted by molar-refractivity contribution is 6.29. The molecule has 0 spiro atoms. The summed E-state index contributed by atoms with van der Waals surface area (Å²) in [6, 6.07) is 7.75. The van der Waals surface area contributed by atoms with Crippen LogP contribution in [0.5, 0.6) is 5.75 Å². The third-order valence-electron chi connectivity index (χ3n) is 3.92. The summed E-state index contributed by atoms with van der Waals surface area (Å²) in [4.78, 5) is 0. The molecule has 0 amide bonds. The summed E-state index contributed by atoms with van der Waals surface area (Å²) >= 11 is 5.79. The monoisotopic (exact) mass is 332 g/mol. The van der Waals surface area contributed by atoms with Crippen LogP contribution in [-0.4, -0.2) is 15.3 Å². The van der Waals surface area contributed by atoms with Crippen molar-refractivity contribution in [1.82, 2.24) is 10.2 Å². The molecular formula is C19H25ClN2O. The zero-order valence-electron chi connectivity index (χ0n) is 14.7. The molecule has 0 atom stereocenters. The van der Waals surface area contributed by atoms with E-state index < -0.39 is 0 Å². The fraction of sp³-hybridized carbons (Fsp3) is 0.474. The van der Waals surface area contributed by atoms with E-state index in [1.165, 1.54) is 5.56 Å². The van der Waals surface area contributed by atoms with Gasteiger partial charge in [-0.25, -0.2) is 0 Å². The van der Waals surface area contributed by atoms with Crippen molar-refractivity contribution in [1.29, 1.82) is 0 Å². The summed E-state index contributed by atoms with van der Waals surface area (Å²) in [6.07, 6.45) is 0.531.